The maximum absolute atomic E-state index is 4.50. The van der Waals surface area contributed by atoms with Crippen LogP contribution in [0.1, 0.15) is 50.7 Å². The highest BCUT2D eigenvalue weighted by molar-refractivity contribution is 5.08. The number of hydrogen-bond donors (Lipinski definition) is 1. The van der Waals surface area contributed by atoms with Gasteiger partial charge in [-0.3, -0.25) is 0 Å². The number of allylic oxidation sites excluding steroid dienone is 1. The lowest BCUT2D eigenvalue weighted by Crippen LogP contribution is -2.23. The predicted octanol–water partition coefficient (Wildman–Crippen LogP) is 3.18. The van der Waals surface area contributed by atoms with Crippen LogP contribution in [0.3, 0.4) is 0 Å². The van der Waals surface area contributed by atoms with Crippen molar-refractivity contribution in [1.82, 2.24) is 15.3 Å². The van der Waals surface area contributed by atoms with Gasteiger partial charge < -0.3 is 5.32 Å². The van der Waals surface area contributed by atoms with Gasteiger partial charge >= 0.3 is 0 Å². The van der Waals surface area contributed by atoms with Gasteiger partial charge in [0.05, 0.1) is 5.69 Å². The fraction of sp³-hybridized carbons (Fsp3) is 0.571. The normalized spacial score (nSPS) is 12.4. The summed E-state index contributed by atoms with van der Waals surface area (Å²) in [5.41, 5.74) is 2.31. The molecule has 1 heterocycles. The summed E-state index contributed by atoms with van der Waals surface area (Å²) in [6.45, 7) is 11.2. The summed E-state index contributed by atoms with van der Waals surface area (Å²) in [5.74, 6) is 0.834. The molecule has 94 valence electrons. The van der Waals surface area contributed by atoms with Crippen LogP contribution in [-0.4, -0.2) is 16.5 Å². The van der Waals surface area contributed by atoms with Gasteiger partial charge in [-0.15, -0.1) is 6.58 Å². The third-order valence-corrected chi connectivity index (χ3v) is 2.66. The van der Waals surface area contributed by atoms with E-state index in [2.05, 4.69) is 35.7 Å². The zero-order valence-electron chi connectivity index (χ0n) is 11.2. The lowest BCUT2D eigenvalue weighted by Gasteiger charge is -2.18. The third kappa shape index (κ3) is 5.09. The predicted molar refractivity (Wildman–Crippen MR) is 71.9 cm³/mol. The molecule has 0 amide bonds. The van der Waals surface area contributed by atoms with Gasteiger partial charge in [-0.05, 0) is 45.7 Å². The maximum Gasteiger partial charge on any atom is 0.125 e. The molecule has 17 heavy (non-hydrogen) atoms. The first-order valence-corrected chi connectivity index (χ1v) is 6.30. The van der Waals surface area contributed by atoms with Crippen LogP contribution < -0.4 is 5.32 Å². The van der Waals surface area contributed by atoms with Crippen molar-refractivity contribution in [2.45, 2.75) is 46.1 Å². The average Bonchev–Trinajstić information content (AvgIpc) is 2.29. The van der Waals surface area contributed by atoms with Crippen molar-refractivity contribution in [2.75, 3.05) is 6.54 Å². The summed E-state index contributed by atoms with van der Waals surface area (Å²) in [6, 6.07) is 2.31. The van der Waals surface area contributed by atoms with Crippen LogP contribution in [0.5, 0.6) is 0 Å². The summed E-state index contributed by atoms with van der Waals surface area (Å²) in [4.78, 5) is 8.64. The molecule has 0 aliphatic rings. The van der Waals surface area contributed by atoms with Gasteiger partial charge in [0.25, 0.3) is 0 Å². The second-order valence-electron chi connectivity index (χ2n) is 4.53. The molecule has 1 N–H and O–H groups in total. The van der Waals surface area contributed by atoms with Crippen molar-refractivity contribution < 1.29 is 0 Å². The Morgan fingerprint density at radius 2 is 2.29 bits per heavy atom. The third-order valence-electron chi connectivity index (χ3n) is 2.66. The van der Waals surface area contributed by atoms with Crippen LogP contribution in [-0.2, 0) is 0 Å². The summed E-state index contributed by atoms with van der Waals surface area (Å²) < 4.78 is 0. The van der Waals surface area contributed by atoms with Crippen LogP contribution in [0.2, 0.25) is 0 Å². The Morgan fingerprint density at radius 1 is 1.53 bits per heavy atom. The second kappa shape index (κ2) is 7.17. The SMILES string of the molecule is C=C(C)CCC(NCCC)c1ccnc(C)n1. The molecule has 1 unspecified atom stereocenters. The molecule has 1 aromatic rings. The highest BCUT2D eigenvalue weighted by atomic mass is 15.0. The second-order valence-corrected chi connectivity index (χ2v) is 4.53. The molecule has 0 aliphatic heterocycles. The number of aryl methyl sites for hydroxylation is 1. The average molecular weight is 233 g/mol. The van der Waals surface area contributed by atoms with E-state index in [0.29, 0.717) is 6.04 Å². The Labute approximate surface area is 104 Å². The molecular weight excluding hydrogens is 210 g/mol. The Balaban J connectivity index is 2.70. The van der Waals surface area contributed by atoms with E-state index in [1.165, 1.54) is 5.57 Å². The Morgan fingerprint density at radius 3 is 2.88 bits per heavy atom. The minimum absolute atomic E-state index is 0.313. The first-order valence-electron chi connectivity index (χ1n) is 6.30. The molecule has 1 aromatic heterocycles. The zero-order valence-corrected chi connectivity index (χ0v) is 11.2. The molecule has 1 rings (SSSR count). The van der Waals surface area contributed by atoms with Gasteiger partial charge in [0.1, 0.15) is 5.82 Å². The number of rotatable bonds is 7. The fourth-order valence-corrected chi connectivity index (χ4v) is 1.73. The van der Waals surface area contributed by atoms with E-state index in [9.17, 15) is 0 Å². The Kier molecular flexibility index (Phi) is 5.84. The number of aromatic nitrogens is 2. The smallest absolute Gasteiger partial charge is 0.125 e. The molecule has 0 aromatic carbocycles. The molecule has 0 saturated heterocycles. The highest BCUT2D eigenvalue weighted by Gasteiger charge is 2.12. The molecule has 0 radical (unpaired) electrons. The van der Waals surface area contributed by atoms with Gasteiger partial charge in [0.2, 0.25) is 0 Å². The lowest BCUT2D eigenvalue weighted by molar-refractivity contribution is 0.486. The van der Waals surface area contributed by atoms with E-state index in [-0.39, 0.29) is 0 Å². The van der Waals surface area contributed by atoms with Gasteiger partial charge in [-0.1, -0.05) is 12.5 Å². The topological polar surface area (TPSA) is 37.8 Å². The van der Waals surface area contributed by atoms with Crippen molar-refractivity contribution >= 4 is 0 Å². The number of hydrogen-bond acceptors (Lipinski definition) is 3. The van der Waals surface area contributed by atoms with Crippen LogP contribution in [0.25, 0.3) is 0 Å². The maximum atomic E-state index is 4.50. The van der Waals surface area contributed by atoms with Crippen LogP contribution in [0.4, 0.5) is 0 Å². The zero-order chi connectivity index (χ0) is 12.7. The molecule has 3 nitrogen and oxygen atoms in total. The van der Waals surface area contributed by atoms with Crippen molar-refractivity contribution in [3.63, 3.8) is 0 Å². The largest absolute Gasteiger partial charge is 0.309 e. The lowest BCUT2D eigenvalue weighted by atomic mass is 10.0. The first-order chi connectivity index (χ1) is 8.13. The first kappa shape index (κ1) is 13.8. The van der Waals surface area contributed by atoms with Gasteiger partial charge in [0, 0.05) is 12.2 Å². The standard InChI is InChI=1S/C14H23N3/c1-5-9-16-13(7-6-11(2)3)14-8-10-15-12(4)17-14/h8,10,13,16H,2,5-7,9H2,1,3-4H3. The minimum Gasteiger partial charge on any atom is -0.309 e. The van der Waals surface area contributed by atoms with Crippen molar-refractivity contribution in [1.29, 1.82) is 0 Å². The monoisotopic (exact) mass is 233 g/mol. The highest BCUT2D eigenvalue weighted by Crippen LogP contribution is 2.18. The Hall–Kier alpha value is -1.22. The molecule has 0 spiro atoms. The Bertz CT molecular complexity index is 360. The molecule has 1 atom stereocenters. The van der Waals surface area contributed by atoms with Crippen LogP contribution in [0, 0.1) is 6.92 Å². The van der Waals surface area contributed by atoms with E-state index >= 15 is 0 Å². The van der Waals surface area contributed by atoms with E-state index in [4.69, 9.17) is 0 Å². The van der Waals surface area contributed by atoms with Crippen molar-refractivity contribution in [3.8, 4) is 0 Å². The van der Waals surface area contributed by atoms with E-state index in [1.54, 1.807) is 0 Å². The van der Waals surface area contributed by atoms with Gasteiger partial charge in [-0.25, -0.2) is 9.97 Å². The molecule has 3 heteroatoms. The van der Waals surface area contributed by atoms with Gasteiger partial charge in [0.15, 0.2) is 0 Å². The molecule has 0 fully saturated rings. The molecule has 0 saturated carbocycles. The molecule has 0 aliphatic carbocycles. The van der Waals surface area contributed by atoms with E-state index in [1.807, 2.05) is 19.2 Å². The fourth-order valence-electron chi connectivity index (χ4n) is 1.73. The summed E-state index contributed by atoms with van der Waals surface area (Å²) >= 11 is 0. The van der Waals surface area contributed by atoms with Crippen molar-refractivity contribution in [2.24, 2.45) is 0 Å². The van der Waals surface area contributed by atoms with Gasteiger partial charge in [-0.2, -0.15) is 0 Å². The molecular formula is C14H23N3. The van der Waals surface area contributed by atoms with Crippen LogP contribution >= 0.6 is 0 Å². The summed E-state index contributed by atoms with van der Waals surface area (Å²) in [5, 5.41) is 3.54. The summed E-state index contributed by atoms with van der Waals surface area (Å²) in [6.07, 6.45) is 5.04. The van der Waals surface area contributed by atoms with Crippen LogP contribution in [0.15, 0.2) is 24.4 Å². The van der Waals surface area contributed by atoms with E-state index < -0.39 is 0 Å². The number of nitrogens with zero attached hydrogens (tertiary/aromatic N) is 2. The molecule has 0 bridgehead atoms. The quantitative estimate of drug-likeness (QED) is 0.735. The van der Waals surface area contributed by atoms with Crippen molar-refractivity contribution in [3.05, 3.63) is 35.9 Å². The minimum atomic E-state index is 0.313. The van der Waals surface area contributed by atoms with E-state index in [0.717, 1.165) is 37.3 Å². The summed E-state index contributed by atoms with van der Waals surface area (Å²) in [7, 11) is 0. The number of nitrogens with one attached hydrogen (secondary N) is 1.